The van der Waals surface area contributed by atoms with E-state index in [9.17, 15) is 9.59 Å². The first kappa shape index (κ1) is 16.9. The Kier molecular flexibility index (Phi) is 8.32. The number of carbonyl (C=O) groups excluding carboxylic acids is 2. The summed E-state index contributed by atoms with van der Waals surface area (Å²) < 4.78 is 10.1. The zero-order valence-electron chi connectivity index (χ0n) is 11.9. The van der Waals surface area contributed by atoms with Crippen LogP contribution in [0.1, 0.15) is 20.8 Å². The van der Waals surface area contributed by atoms with Gasteiger partial charge in [0.05, 0.1) is 0 Å². The van der Waals surface area contributed by atoms with Crippen molar-refractivity contribution < 1.29 is 19.1 Å². The molecule has 0 saturated heterocycles. The first-order chi connectivity index (χ1) is 8.45. The summed E-state index contributed by atoms with van der Waals surface area (Å²) in [6.45, 7) is 6.49. The number of amides is 2. The van der Waals surface area contributed by atoms with Crippen molar-refractivity contribution in [3.8, 4) is 0 Å². The van der Waals surface area contributed by atoms with Gasteiger partial charge >= 0.3 is 0 Å². The SMILES string of the molecule is CCOCC(=O)N(C)C(C)N(C)C(=O)COCC. The molecule has 0 rings (SSSR count). The number of hydrogen-bond donors (Lipinski definition) is 0. The summed E-state index contributed by atoms with van der Waals surface area (Å²) in [7, 11) is 3.30. The van der Waals surface area contributed by atoms with E-state index in [1.807, 2.05) is 13.8 Å². The normalized spacial score (nSPS) is 10.6. The average Bonchev–Trinajstić information content (AvgIpc) is 2.39. The number of carbonyl (C=O) groups is 2. The van der Waals surface area contributed by atoms with Crippen LogP contribution in [-0.4, -0.2) is 68.3 Å². The van der Waals surface area contributed by atoms with Gasteiger partial charge in [-0.15, -0.1) is 0 Å². The van der Waals surface area contributed by atoms with Crippen LogP contribution in [0.3, 0.4) is 0 Å². The predicted molar refractivity (Wildman–Crippen MR) is 68.0 cm³/mol. The molecule has 0 fully saturated rings. The van der Waals surface area contributed by atoms with Crippen molar-refractivity contribution in [3.05, 3.63) is 0 Å². The maximum absolute atomic E-state index is 11.7. The van der Waals surface area contributed by atoms with Gasteiger partial charge in [-0.2, -0.15) is 0 Å². The molecule has 0 radical (unpaired) electrons. The summed E-state index contributed by atoms with van der Waals surface area (Å²) in [5.41, 5.74) is 0. The lowest BCUT2D eigenvalue weighted by molar-refractivity contribution is -0.147. The van der Waals surface area contributed by atoms with Gasteiger partial charge in [-0.05, 0) is 20.8 Å². The molecule has 6 heteroatoms. The third-order valence-electron chi connectivity index (χ3n) is 2.77. The Hall–Kier alpha value is -1.14. The first-order valence-electron chi connectivity index (χ1n) is 6.12. The Morgan fingerprint density at radius 3 is 1.56 bits per heavy atom. The summed E-state index contributed by atoms with van der Waals surface area (Å²) >= 11 is 0. The van der Waals surface area contributed by atoms with Crippen molar-refractivity contribution in [2.24, 2.45) is 0 Å². The lowest BCUT2D eigenvalue weighted by Crippen LogP contribution is -2.49. The highest BCUT2D eigenvalue weighted by molar-refractivity contribution is 5.80. The zero-order chi connectivity index (χ0) is 14.1. The van der Waals surface area contributed by atoms with Crippen LogP contribution in [0.2, 0.25) is 0 Å². The van der Waals surface area contributed by atoms with E-state index in [4.69, 9.17) is 9.47 Å². The minimum atomic E-state index is -0.328. The van der Waals surface area contributed by atoms with Gasteiger partial charge in [0.25, 0.3) is 0 Å². The van der Waals surface area contributed by atoms with E-state index < -0.39 is 0 Å². The van der Waals surface area contributed by atoms with Gasteiger partial charge < -0.3 is 19.3 Å². The third kappa shape index (κ3) is 5.46. The number of ether oxygens (including phenoxy) is 2. The fourth-order valence-electron chi connectivity index (χ4n) is 1.26. The Bertz CT molecular complexity index is 245. The van der Waals surface area contributed by atoms with Crippen LogP contribution in [0.5, 0.6) is 0 Å². The monoisotopic (exact) mass is 260 g/mol. The van der Waals surface area contributed by atoms with E-state index in [1.54, 1.807) is 21.0 Å². The van der Waals surface area contributed by atoms with Crippen LogP contribution in [0, 0.1) is 0 Å². The lowest BCUT2D eigenvalue weighted by atomic mass is 10.4. The summed E-state index contributed by atoms with van der Waals surface area (Å²) in [5, 5.41) is 0. The van der Waals surface area contributed by atoms with E-state index in [0.717, 1.165) is 0 Å². The number of nitrogens with zero attached hydrogens (tertiary/aromatic N) is 2. The van der Waals surface area contributed by atoms with Crippen molar-refractivity contribution >= 4 is 11.8 Å². The molecule has 0 aromatic rings. The van der Waals surface area contributed by atoms with Gasteiger partial charge in [0.15, 0.2) is 0 Å². The van der Waals surface area contributed by atoms with Gasteiger partial charge in [0.1, 0.15) is 19.4 Å². The first-order valence-corrected chi connectivity index (χ1v) is 6.12. The molecule has 6 nitrogen and oxygen atoms in total. The minimum Gasteiger partial charge on any atom is -0.372 e. The van der Waals surface area contributed by atoms with Crippen LogP contribution >= 0.6 is 0 Å². The Morgan fingerprint density at radius 1 is 0.944 bits per heavy atom. The molecule has 0 atom stereocenters. The van der Waals surface area contributed by atoms with E-state index >= 15 is 0 Å². The molecule has 0 saturated carbocycles. The molecule has 0 aliphatic heterocycles. The minimum absolute atomic E-state index is 0.0326. The maximum atomic E-state index is 11.7. The predicted octanol–water partition coefficient (Wildman–Crippen LogP) is 0.322. The highest BCUT2D eigenvalue weighted by Gasteiger charge is 2.22. The van der Waals surface area contributed by atoms with Gasteiger partial charge in [0, 0.05) is 27.3 Å². The van der Waals surface area contributed by atoms with E-state index in [1.165, 1.54) is 9.80 Å². The fourth-order valence-corrected chi connectivity index (χ4v) is 1.26. The third-order valence-corrected chi connectivity index (χ3v) is 2.77. The van der Waals surface area contributed by atoms with Crippen molar-refractivity contribution in [1.29, 1.82) is 0 Å². The molecule has 0 unspecified atom stereocenters. The van der Waals surface area contributed by atoms with Gasteiger partial charge in [-0.3, -0.25) is 9.59 Å². The van der Waals surface area contributed by atoms with Crippen LogP contribution in [-0.2, 0) is 19.1 Å². The molecule has 0 aliphatic rings. The quantitative estimate of drug-likeness (QED) is 0.590. The highest BCUT2D eigenvalue weighted by atomic mass is 16.5. The summed E-state index contributed by atoms with van der Waals surface area (Å²) in [5.74, 6) is -0.305. The topological polar surface area (TPSA) is 59.1 Å². The Labute approximate surface area is 109 Å². The van der Waals surface area contributed by atoms with E-state index in [0.29, 0.717) is 13.2 Å². The number of hydrogen-bond acceptors (Lipinski definition) is 4. The maximum Gasteiger partial charge on any atom is 0.249 e. The summed E-state index contributed by atoms with van der Waals surface area (Å²) in [6, 6.07) is 0. The molecule has 0 aliphatic carbocycles. The van der Waals surface area contributed by atoms with Crippen LogP contribution in [0.15, 0.2) is 0 Å². The van der Waals surface area contributed by atoms with Crippen molar-refractivity contribution in [2.75, 3.05) is 40.5 Å². The molecule has 0 heterocycles. The summed E-state index contributed by atoms with van der Waals surface area (Å²) in [6.07, 6.45) is -0.328. The molecule has 0 N–H and O–H groups in total. The fraction of sp³-hybridized carbons (Fsp3) is 0.833. The molecule has 0 spiro atoms. The molecule has 106 valence electrons. The van der Waals surface area contributed by atoms with Crippen molar-refractivity contribution in [2.45, 2.75) is 26.9 Å². The van der Waals surface area contributed by atoms with Crippen LogP contribution in [0.25, 0.3) is 0 Å². The molecule has 18 heavy (non-hydrogen) atoms. The van der Waals surface area contributed by atoms with Crippen molar-refractivity contribution in [1.82, 2.24) is 9.80 Å². The highest BCUT2D eigenvalue weighted by Crippen LogP contribution is 2.03. The second-order valence-corrected chi connectivity index (χ2v) is 3.92. The average molecular weight is 260 g/mol. The van der Waals surface area contributed by atoms with Gasteiger partial charge in [-0.25, -0.2) is 0 Å². The zero-order valence-corrected chi connectivity index (χ0v) is 11.9. The van der Waals surface area contributed by atoms with Crippen molar-refractivity contribution in [3.63, 3.8) is 0 Å². The second-order valence-electron chi connectivity index (χ2n) is 3.92. The molecule has 0 aromatic carbocycles. The molecular formula is C12H24N2O4. The molecule has 0 bridgehead atoms. The number of rotatable bonds is 8. The van der Waals surface area contributed by atoms with E-state index in [2.05, 4.69) is 0 Å². The second kappa shape index (κ2) is 8.88. The lowest BCUT2D eigenvalue weighted by Gasteiger charge is -2.32. The summed E-state index contributed by atoms with van der Waals surface area (Å²) in [4.78, 5) is 26.4. The van der Waals surface area contributed by atoms with Gasteiger partial charge in [-0.1, -0.05) is 0 Å². The van der Waals surface area contributed by atoms with E-state index in [-0.39, 0.29) is 31.2 Å². The molecule has 2 amide bonds. The largest absolute Gasteiger partial charge is 0.372 e. The van der Waals surface area contributed by atoms with Crippen LogP contribution < -0.4 is 0 Å². The Morgan fingerprint density at radius 2 is 1.28 bits per heavy atom. The molecular weight excluding hydrogens is 236 g/mol. The smallest absolute Gasteiger partial charge is 0.249 e. The van der Waals surface area contributed by atoms with Gasteiger partial charge in [0.2, 0.25) is 11.8 Å². The number of likely N-dealkylation sites (N-methyl/N-ethyl adjacent to an activating group) is 2. The molecule has 0 aromatic heterocycles. The standard InChI is InChI=1S/C12H24N2O4/c1-6-17-8-11(15)13(4)10(3)14(5)12(16)9-18-7-2/h10H,6-9H2,1-5H3. The Balaban J connectivity index is 4.29. The van der Waals surface area contributed by atoms with Crippen LogP contribution in [0.4, 0.5) is 0 Å².